The number of amides is 1. The molecule has 0 spiro atoms. The predicted molar refractivity (Wildman–Crippen MR) is 67.1 cm³/mol. The molecule has 1 amide bonds. The average molecular weight is 233 g/mol. The second-order valence-electron chi connectivity index (χ2n) is 4.84. The van der Waals surface area contributed by atoms with Crippen LogP contribution in [0.15, 0.2) is 18.2 Å². The highest BCUT2D eigenvalue weighted by Gasteiger charge is 2.23. The molecule has 0 atom stereocenters. The topological polar surface area (TPSA) is 40.5 Å². The molecule has 1 aliphatic heterocycles. The van der Waals surface area contributed by atoms with Gasteiger partial charge < -0.3 is 10.0 Å². The molecule has 1 aliphatic rings. The maximum Gasteiger partial charge on any atom is 0.219 e. The van der Waals surface area contributed by atoms with E-state index in [9.17, 15) is 9.90 Å². The highest BCUT2D eigenvalue weighted by Crippen LogP contribution is 2.34. The Labute approximate surface area is 102 Å². The summed E-state index contributed by atoms with van der Waals surface area (Å²) in [7, 11) is 0. The minimum absolute atomic E-state index is 0.150. The predicted octanol–water partition coefficient (Wildman–Crippen LogP) is 2.43. The Morgan fingerprint density at radius 3 is 2.53 bits per heavy atom. The first kappa shape index (κ1) is 12.0. The Hall–Kier alpha value is -1.51. The lowest BCUT2D eigenvalue weighted by atomic mass is 9.88. The van der Waals surface area contributed by atoms with E-state index < -0.39 is 0 Å². The molecule has 0 aliphatic carbocycles. The molecule has 3 nitrogen and oxygen atoms in total. The second-order valence-corrected chi connectivity index (χ2v) is 4.84. The molecule has 92 valence electrons. The lowest BCUT2D eigenvalue weighted by molar-refractivity contribution is -0.129. The number of hydrogen-bond acceptors (Lipinski definition) is 2. The molecule has 0 radical (unpaired) electrons. The number of benzene rings is 1. The van der Waals surface area contributed by atoms with Crippen molar-refractivity contribution in [2.45, 2.75) is 32.6 Å². The van der Waals surface area contributed by atoms with Crippen LogP contribution in [0.5, 0.6) is 5.75 Å². The number of phenols is 1. The van der Waals surface area contributed by atoms with Crippen LogP contribution in [0.2, 0.25) is 0 Å². The number of likely N-dealkylation sites (tertiary alicyclic amines) is 1. The third-order valence-electron chi connectivity index (χ3n) is 3.57. The van der Waals surface area contributed by atoms with E-state index in [4.69, 9.17) is 0 Å². The maximum absolute atomic E-state index is 11.2. The van der Waals surface area contributed by atoms with Crippen molar-refractivity contribution in [1.29, 1.82) is 0 Å². The number of rotatable bonds is 1. The van der Waals surface area contributed by atoms with E-state index in [2.05, 4.69) is 0 Å². The number of aryl methyl sites for hydroxylation is 1. The first-order valence-corrected chi connectivity index (χ1v) is 6.13. The van der Waals surface area contributed by atoms with Crippen LogP contribution < -0.4 is 0 Å². The highest BCUT2D eigenvalue weighted by atomic mass is 16.3. The summed E-state index contributed by atoms with van der Waals surface area (Å²) in [6, 6.07) is 5.86. The fourth-order valence-electron chi connectivity index (χ4n) is 2.50. The van der Waals surface area contributed by atoms with E-state index in [0.29, 0.717) is 11.7 Å². The standard InChI is InChI=1S/C14H19NO2/c1-10-3-4-13(14(17)9-10)12-5-7-15(8-6-12)11(2)16/h3-4,9,12,17H,5-8H2,1-2H3. The molecule has 1 heterocycles. The minimum atomic E-state index is 0.150. The lowest BCUT2D eigenvalue weighted by Crippen LogP contribution is -2.36. The molecule has 0 unspecified atom stereocenters. The van der Waals surface area contributed by atoms with Crippen LogP contribution in [0.1, 0.15) is 36.8 Å². The van der Waals surface area contributed by atoms with Crippen LogP contribution in [-0.2, 0) is 4.79 Å². The smallest absolute Gasteiger partial charge is 0.219 e. The van der Waals surface area contributed by atoms with Crippen molar-refractivity contribution >= 4 is 5.91 Å². The Bertz CT molecular complexity index is 420. The van der Waals surface area contributed by atoms with Gasteiger partial charge in [0.1, 0.15) is 5.75 Å². The van der Waals surface area contributed by atoms with Crippen LogP contribution in [0.25, 0.3) is 0 Å². The van der Waals surface area contributed by atoms with Crippen molar-refractivity contribution < 1.29 is 9.90 Å². The van der Waals surface area contributed by atoms with Crippen LogP contribution in [-0.4, -0.2) is 29.0 Å². The van der Waals surface area contributed by atoms with Crippen LogP contribution in [0.3, 0.4) is 0 Å². The summed E-state index contributed by atoms with van der Waals surface area (Å²) in [5.41, 5.74) is 2.10. The van der Waals surface area contributed by atoms with Crippen molar-refractivity contribution in [3.8, 4) is 5.75 Å². The number of phenolic OH excluding ortho intramolecular Hbond substituents is 1. The van der Waals surface area contributed by atoms with E-state index in [0.717, 1.165) is 37.1 Å². The molecular formula is C14H19NO2. The number of aromatic hydroxyl groups is 1. The van der Waals surface area contributed by atoms with Gasteiger partial charge in [-0.1, -0.05) is 12.1 Å². The summed E-state index contributed by atoms with van der Waals surface area (Å²) in [6.45, 7) is 5.19. The van der Waals surface area contributed by atoms with Gasteiger partial charge in [-0.05, 0) is 42.9 Å². The van der Waals surface area contributed by atoms with E-state index in [1.54, 1.807) is 6.92 Å². The summed E-state index contributed by atoms with van der Waals surface area (Å²) in [5, 5.41) is 9.94. The van der Waals surface area contributed by atoms with E-state index in [-0.39, 0.29) is 5.91 Å². The van der Waals surface area contributed by atoms with Gasteiger partial charge in [0.2, 0.25) is 5.91 Å². The summed E-state index contributed by atoms with van der Waals surface area (Å²) >= 11 is 0. The monoisotopic (exact) mass is 233 g/mol. The number of piperidine rings is 1. The van der Waals surface area contributed by atoms with Gasteiger partial charge in [-0.3, -0.25) is 4.79 Å². The third-order valence-corrected chi connectivity index (χ3v) is 3.57. The van der Waals surface area contributed by atoms with Crippen LogP contribution in [0, 0.1) is 6.92 Å². The van der Waals surface area contributed by atoms with Gasteiger partial charge >= 0.3 is 0 Å². The maximum atomic E-state index is 11.2. The summed E-state index contributed by atoms with van der Waals surface area (Å²) in [5.74, 6) is 0.925. The third kappa shape index (κ3) is 2.60. The van der Waals surface area contributed by atoms with Gasteiger partial charge in [-0.15, -0.1) is 0 Å². The average Bonchev–Trinajstić information content (AvgIpc) is 2.29. The van der Waals surface area contributed by atoms with E-state index in [1.807, 2.05) is 30.0 Å². The van der Waals surface area contributed by atoms with Crippen LogP contribution in [0.4, 0.5) is 0 Å². The van der Waals surface area contributed by atoms with Crippen LogP contribution >= 0.6 is 0 Å². The number of carbonyl (C=O) groups excluding carboxylic acids is 1. The molecule has 1 aromatic carbocycles. The van der Waals surface area contributed by atoms with Gasteiger partial charge in [0.25, 0.3) is 0 Å². The van der Waals surface area contributed by atoms with Crippen molar-refractivity contribution in [2.75, 3.05) is 13.1 Å². The van der Waals surface area contributed by atoms with Gasteiger partial charge in [0.15, 0.2) is 0 Å². The van der Waals surface area contributed by atoms with Gasteiger partial charge in [-0.25, -0.2) is 0 Å². The van der Waals surface area contributed by atoms with Gasteiger partial charge in [0.05, 0.1) is 0 Å². The molecular weight excluding hydrogens is 214 g/mol. The quantitative estimate of drug-likeness (QED) is 0.809. The number of nitrogens with zero attached hydrogens (tertiary/aromatic N) is 1. The summed E-state index contributed by atoms with van der Waals surface area (Å²) in [4.78, 5) is 13.1. The molecule has 1 aromatic rings. The zero-order valence-corrected chi connectivity index (χ0v) is 10.4. The van der Waals surface area contributed by atoms with Crippen molar-refractivity contribution in [3.63, 3.8) is 0 Å². The van der Waals surface area contributed by atoms with Gasteiger partial charge in [0, 0.05) is 20.0 Å². The molecule has 2 rings (SSSR count). The molecule has 1 fully saturated rings. The molecule has 3 heteroatoms. The minimum Gasteiger partial charge on any atom is -0.508 e. The number of carbonyl (C=O) groups is 1. The number of hydrogen-bond donors (Lipinski definition) is 1. The van der Waals surface area contributed by atoms with E-state index >= 15 is 0 Å². The van der Waals surface area contributed by atoms with E-state index in [1.165, 1.54) is 0 Å². The largest absolute Gasteiger partial charge is 0.508 e. The summed E-state index contributed by atoms with van der Waals surface area (Å²) in [6.07, 6.45) is 1.88. The van der Waals surface area contributed by atoms with Gasteiger partial charge in [-0.2, -0.15) is 0 Å². The Morgan fingerprint density at radius 2 is 2.00 bits per heavy atom. The molecule has 1 N–H and O–H groups in total. The molecule has 0 bridgehead atoms. The Balaban J connectivity index is 2.08. The fraction of sp³-hybridized carbons (Fsp3) is 0.500. The zero-order chi connectivity index (χ0) is 12.4. The normalized spacial score (nSPS) is 17.2. The molecule has 0 saturated carbocycles. The Kier molecular flexibility index (Phi) is 3.36. The summed E-state index contributed by atoms with van der Waals surface area (Å²) < 4.78 is 0. The first-order chi connectivity index (χ1) is 8.08. The molecule has 17 heavy (non-hydrogen) atoms. The molecule has 0 aromatic heterocycles. The zero-order valence-electron chi connectivity index (χ0n) is 10.4. The molecule has 1 saturated heterocycles. The highest BCUT2D eigenvalue weighted by molar-refractivity contribution is 5.73. The van der Waals surface area contributed by atoms with Crippen molar-refractivity contribution in [2.24, 2.45) is 0 Å². The van der Waals surface area contributed by atoms with Crippen molar-refractivity contribution in [1.82, 2.24) is 4.90 Å². The second kappa shape index (κ2) is 4.78. The fourth-order valence-corrected chi connectivity index (χ4v) is 2.50. The SMILES string of the molecule is CC(=O)N1CCC(c2ccc(C)cc2O)CC1. The Morgan fingerprint density at radius 1 is 1.35 bits per heavy atom. The lowest BCUT2D eigenvalue weighted by Gasteiger charge is -2.31. The first-order valence-electron chi connectivity index (χ1n) is 6.13. The van der Waals surface area contributed by atoms with Crippen molar-refractivity contribution in [3.05, 3.63) is 29.3 Å².